The summed E-state index contributed by atoms with van der Waals surface area (Å²) in [6.07, 6.45) is 3.88. The molecule has 0 N–H and O–H groups in total. The maximum Gasteiger partial charge on any atom is 0.0724 e. The van der Waals surface area contributed by atoms with Crippen LogP contribution in [-0.2, 0) is 0 Å². The van der Waals surface area contributed by atoms with Crippen LogP contribution in [0.5, 0.6) is 0 Å². The van der Waals surface area contributed by atoms with Crippen molar-refractivity contribution in [2.75, 3.05) is 0 Å². The number of rotatable bonds is 5. The molecule has 0 aliphatic carbocycles. The molecule has 4 heteroatoms. The molecule has 8 aromatic carbocycles. The Labute approximate surface area is 328 Å². The number of pyridine rings is 1. The average Bonchev–Trinajstić information content (AvgIpc) is 3.91. The number of hydrogen-bond acceptors (Lipinski definition) is 1. The third-order valence-corrected chi connectivity index (χ3v) is 11.7. The van der Waals surface area contributed by atoms with E-state index in [1.165, 1.54) is 76.6 Å². The molecule has 0 amide bonds. The molecule has 0 saturated carbocycles. The van der Waals surface area contributed by atoms with E-state index >= 15 is 0 Å². The average molecular weight is 727 g/mol. The minimum absolute atomic E-state index is 1.10. The smallest absolute Gasteiger partial charge is 0.0724 e. The first-order chi connectivity index (χ1) is 28.3. The molecule has 0 unspecified atom stereocenters. The summed E-state index contributed by atoms with van der Waals surface area (Å²) in [5.41, 5.74) is 15.2. The van der Waals surface area contributed by atoms with Crippen molar-refractivity contribution in [2.24, 2.45) is 0 Å². The van der Waals surface area contributed by atoms with Crippen LogP contribution < -0.4 is 0 Å². The molecule has 0 saturated heterocycles. The highest BCUT2D eigenvalue weighted by Crippen LogP contribution is 2.41. The van der Waals surface area contributed by atoms with Crippen molar-refractivity contribution in [1.82, 2.24) is 18.7 Å². The van der Waals surface area contributed by atoms with E-state index in [9.17, 15) is 0 Å². The minimum Gasteiger partial charge on any atom is -0.309 e. The van der Waals surface area contributed by atoms with Gasteiger partial charge in [0.25, 0.3) is 0 Å². The van der Waals surface area contributed by atoms with E-state index in [1.54, 1.807) is 0 Å². The van der Waals surface area contributed by atoms with E-state index in [0.29, 0.717) is 0 Å². The highest BCUT2D eigenvalue weighted by molar-refractivity contribution is 6.19. The van der Waals surface area contributed by atoms with Crippen LogP contribution in [0, 0.1) is 0 Å². The van der Waals surface area contributed by atoms with Crippen molar-refractivity contribution in [3.63, 3.8) is 0 Å². The van der Waals surface area contributed by atoms with Crippen LogP contribution in [-0.4, -0.2) is 18.7 Å². The molecule has 12 aromatic rings. The zero-order valence-electron chi connectivity index (χ0n) is 30.9. The SMILES string of the molecule is c1ccc(-c2ccc(-c3cccc(-n4c5ccccc5c5cc6c(cc54)c4ccccc4n6-c4ccc5c(c4)c4ccncc4n5-c4ccccc4)c3)cc2)cc1. The molecule has 0 spiro atoms. The highest BCUT2D eigenvalue weighted by atomic mass is 15.0. The van der Waals surface area contributed by atoms with Crippen molar-refractivity contribution < 1.29 is 0 Å². The fraction of sp³-hybridized carbons (Fsp3) is 0. The second-order valence-electron chi connectivity index (χ2n) is 14.9. The van der Waals surface area contributed by atoms with Crippen LogP contribution in [0.15, 0.2) is 207 Å². The predicted molar refractivity (Wildman–Crippen MR) is 238 cm³/mol. The molecule has 4 aromatic heterocycles. The lowest BCUT2D eigenvalue weighted by molar-refractivity contribution is 1.16. The van der Waals surface area contributed by atoms with E-state index in [-0.39, 0.29) is 0 Å². The summed E-state index contributed by atoms with van der Waals surface area (Å²) in [7, 11) is 0. The van der Waals surface area contributed by atoms with E-state index in [2.05, 4.69) is 213 Å². The maximum atomic E-state index is 4.53. The van der Waals surface area contributed by atoms with Crippen molar-refractivity contribution >= 4 is 65.4 Å². The Morgan fingerprint density at radius 1 is 0.263 bits per heavy atom. The van der Waals surface area contributed by atoms with Gasteiger partial charge in [-0.2, -0.15) is 0 Å². The van der Waals surface area contributed by atoms with E-state index in [1.807, 2.05) is 12.4 Å². The van der Waals surface area contributed by atoms with Crippen molar-refractivity contribution in [1.29, 1.82) is 0 Å². The molecule has 0 bridgehead atoms. The Bertz CT molecular complexity index is 3500. The molecule has 0 radical (unpaired) electrons. The molecule has 266 valence electrons. The Hall–Kier alpha value is -7.69. The van der Waals surface area contributed by atoms with Gasteiger partial charge < -0.3 is 13.7 Å². The first-order valence-corrected chi connectivity index (χ1v) is 19.5. The zero-order valence-corrected chi connectivity index (χ0v) is 30.9. The monoisotopic (exact) mass is 726 g/mol. The van der Waals surface area contributed by atoms with Crippen molar-refractivity contribution in [3.8, 4) is 39.3 Å². The topological polar surface area (TPSA) is 27.7 Å². The number of nitrogens with zero attached hydrogens (tertiary/aromatic N) is 4. The number of fused-ring (bicyclic) bond motifs is 9. The van der Waals surface area contributed by atoms with Crippen molar-refractivity contribution in [3.05, 3.63) is 207 Å². The van der Waals surface area contributed by atoms with Gasteiger partial charge in [0, 0.05) is 55.6 Å². The van der Waals surface area contributed by atoms with Gasteiger partial charge in [-0.3, -0.25) is 4.98 Å². The molecule has 57 heavy (non-hydrogen) atoms. The first kappa shape index (κ1) is 31.6. The van der Waals surface area contributed by atoms with Gasteiger partial charge in [0.1, 0.15) is 0 Å². The van der Waals surface area contributed by atoms with Crippen LogP contribution in [0.25, 0.3) is 105 Å². The number of benzene rings is 8. The Kier molecular flexibility index (Phi) is 6.89. The molecule has 12 rings (SSSR count). The molecule has 0 fully saturated rings. The van der Waals surface area contributed by atoms with Gasteiger partial charge in [0.05, 0.1) is 39.3 Å². The minimum atomic E-state index is 1.10. The van der Waals surface area contributed by atoms with Crippen LogP contribution in [0.4, 0.5) is 0 Å². The number of aromatic nitrogens is 4. The summed E-state index contributed by atoms with van der Waals surface area (Å²) in [5.74, 6) is 0. The lowest BCUT2D eigenvalue weighted by Gasteiger charge is -2.12. The van der Waals surface area contributed by atoms with Gasteiger partial charge in [0.2, 0.25) is 0 Å². The molecule has 0 atom stereocenters. The second kappa shape index (κ2) is 12.4. The predicted octanol–water partition coefficient (Wildman–Crippen LogP) is 13.7. The summed E-state index contributed by atoms with van der Waals surface area (Å²) < 4.78 is 7.21. The molecule has 0 aliphatic heterocycles. The Balaban J connectivity index is 1.06. The van der Waals surface area contributed by atoms with Crippen molar-refractivity contribution in [2.45, 2.75) is 0 Å². The van der Waals surface area contributed by atoms with Gasteiger partial charge in [-0.25, -0.2) is 0 Å². The summed E-state index contributed by atoms with van der Waals surface area (Å²) >= 11 is 0. The fourth-order valence-corrected chi connectivity index (χ4v) is 9.15. The Morgan fingerprint density at radius 2 is 0.737 bits per heavy atom. The van der Waals surface area contributed by atoms with Crippen LogP contribution >= 0.6 is 0 Å². The van der Waals surface area contributed by atoms with Gasteiger partial charge in [-0.15, -0.1) is 0 Å². The van der Waals surface area contributed by atoms with Gasteiger partial charge in [-0.05, 0) is 95.1 Å². The van der Waals surface area contributed by atoms with Crippen LogP contribution in [0.3, 0.4) is 0 Å². The Morgan fingerprint density at radius 3 is 1.42 bits per heavy atom. The van der Waals surface area contributed by atoms with Gasteiger partial charge in [0.15, 0.2) is 0 Å². The van der Waals surface area contributed by atoms with Crippen LogP contribution in [0.1, 0.15) is 0 Å². The third-order valence-electron chi connectivity index (χ3n) is 11.7. The quantitative estimate of drug-likeness (QED) is 0.174. The van der Waals surface area contributed by atoms with Gasteiger partial charge in [-0.1, -0.05) is 121 Å². The van der Waals surface area contributed by atoms with Gasteiger partial charge >= 0.3 is 0 Å². The van der Waals surface area contributed by atoms with E-state index in [4.69, 9.17) is 0 Å². The lowest BCUT2D eigenvalue weighted by atomic mass is 10.00. The molecule has 4 heterocycles. The second-order valence-corrected chi connectivity index (χ2v) is 14.9. The molecule has 0 aliphatic rings. The standard InChI is InChI=1S/C53H34N4/c1-3-12-35(13-4-1)36-22-24-37(25-23-36)38-14-11-17-40(30-38)56-48-20-9-7-18-42(48)46-33-52-47(32-51(46)56)43-19-8-10-21-49(43)57(52)41-26-27-50-45(31-41)44-28-29-54-34-53(44)55(50)39-15-5-2-6-16-39/h1-34H. The summed E-state index contributed by atoms with van der Waals surface area (Å²) in [5, 5.41) is 7.31. The zero-order chi connectivity index (χ0) is 37.5. The summed E-state index contributed by atoms with van der Waals surface area (Å²) in [4.78, 5) is 4.53. The van der Waals surface area contributed by atoms with E-state index in [0.717, 1.165) is 28.1 Å². The number of hydrogen-bond donors (Lipinski definition) is 0. The largest absolute Gasteiger partial charge is 0.309 e. The maximum absolute atomic E-state index is 4.53. The molecule has 4 nitrogen and oxygen atoms in total. The van der Waals surface area contributed by atoms with E-state index < -0.39 is 0 Å². The fourth-order valence-electron chi connectivity index (χ4n) is 9.15. The molecular formula is C53H34N4. The number of para-hydroxylation sites is 3. The summed E-state index contributed by atoms with van der Waals surface area (Å²) in [6, 6.07) is 70.5. The lowest BCUT2D eigenvalue weighted by Crippen LogP contribution is -1.96. The van der Waals surface area contributed by atoms with Crippen LogP contribution in [0.2, 0.25) is 0 Å². The third kappa shape index (κ3) is 4.84. The first-order valence-electron chi connectivity index (χ1n) is 19.5. The summed E-state index contributed by atoms with van der Waals surface area (Å²) in [6.45, 7) is 0. The normalized spacial score (nSPS) is 11.9. The molecular weight excluding hydrogens is 693 g/mol. The highest BCUT2D eigenvalue weighted by Gasteiger charge is 2.20.